The maximum atomic E-state index is 12.2. The predicted octanol–water partition coefficient (Wildman–Crippen LogP) is 3.22. The van der Waals surface area contributed by atoms with Gasteiger partial charge < -0.3 is 10.5 Å². The molecule has 1 heterocycles. The summed E-state index contributed by atoms with van der Waals surface area (Å²) in [5.41, 5.74) is 9.35. The van der Waals surface area contributed by atoms with Crippen LogP contribution in [0.25, 0.3) is 0 Å². The van der Waals surface area contributed by atoms with Gasteiger partial charge in [-0.3, -0.25) is 4.68 Å². The van der Waals surface area contributed by atoms with E-state index in [-0.39, 0.29) is 6.61 Å². The van der Waals surface area contributed by atoms with Gasteiger partial charge in [-0.25, -0.2) is 4.79 Å². The van der Waals surface area contributed by atoms with Crippen LogP contribution in [0.1, 0.15) is 34.2 Å². The van der Waals surface area contributed by atoms with Crippen LogP contribution in [0.5, 0.6) is 0 Å². The number of aryl methyl sites for hydroxylation is 3. The zero-order chi connectivity index (χ0) is 15.6. The van der Waals surface area contributed by atoms with Gasteiger partial charge in [0.1, 0.15) is 6.61 Å². The van der Waals surface area contributed by atoms with Gasteiger partial charge >= 0.3 is 5.97 Å². The number of esters is 1. The summed E-state index contributed by atoms with van der Waals surface area (Å²) in [6.07, 6.45) is 0. The van der Waals surface area contributed by atoms with E-state index < -0.39 is 5.97 Å². The van der Waals surface area contributed by atoms with Crippen LogP contribution in [0, 0.1) is 13.8 Å². The average Bonchev–Trinajstić information content (AvgIpc) is 2.74. The molecule has 0 spiro atoms. The van der Waals surface area contributed by atoms with Crippen LogP contribution in [-0.2, 0) is 17.9 Å². The molecule has 0 aliphatic heterocycles. The second-order valence-electron chi connectivity index (χ2n) is 4.77. The Morgan fingerprint density at radius 3 is 2.81 bits per heavy atom. The second kappa shape index (κ2) is 6.30. The smallest absolute Gasteiger partial charge is 0.340 e. The van der Waals surface area contributed by atoms with Gasteiger partial charge in [-0.2, -0.15) is 5.10 Å². The topological polar surface area (TPSA) is 70.1 Å². The average molecular weight is 352 g/mol. The monoisotopic (exact) mass is 351 g/mol. The van der Waals surface area contributed by atoms with Crippen molar-refractivity contribution >= 4 is 27.6 Å². The Balaban J connectivity index is 2.17. The van der Waals surface area contributed by atoms with Gasteiger partial charge in [0.25, 0.3) is 0 Å². The minimum atomic E-state index is -0.426. The number of aromatic nitrogens is 2. The van der Waals surface area contributed by atoms with Crippen LogP contribution < -0.4 is 5.73 Å². The van der Waals surface area contributed by atoms with Crippen molar-refractivity contribution in [1.82, 2.24) is 9.78 Å². The third-order valence-electron chi connectivity index (χ3n) is 3.34. The lowest BCUT2D eigenvalue weighted by Crippen LogP contribution is -2.12. The van der Waals surface area contributed by atoms with E-state index >= 15 is 0 Å². The number of benzene rings is 1. The van der Waals surface area contributed by atoms with E-state index in [2.05, 4.69) is 21.0 Å². The maximum absolute atomic E-state index is 12.2. The zero-order valence-corrected chi connectivity index (χ0v) is 13.9. The van der Waals surface area contributed by atoms with Gasteiger partial charge in [-0.15, -0.1) is 0 Å². The first-order valence-electron chi connectivity index (χ1n) is 6.69. The molecule has 2 aromatic rings. The summed E-state index contributed by atoms with van der Waals surface area (Å²) in [4.78, 5) is 12.2. The summed E-state index contributed by atoms with van der Waals surface area (Å²) in [6, 6.07) is 5.32. The standard InChI is InChI=1S/C15H18BrN3O2/c1-4-19-12(13(16)10(3)18-19)8-21-15(20)11-7-5-6-9(2)14(11)17/h5-7H,4,8,17H2,1-3H3. The lowest BCUT2D eigenvalue weighted by Gasteiger charge is -2.10. The number of nitrogen functional groups attached to an aromatic ring is 1. The number of carbonyl (C=O) groups excluding carboxylic acids is 1. The second-order valence-corrected chi connectivity index (χ2v) is 5.57. The molecule has 0 fully saturated rings. The minimum absolute atomic E-state index is 0.154. The molecule has 0 amide bonds. The molecule has 0 bridgehead atoms. The Kier molecular flexibility index (Phi) is 4.67. The first kappa shape index (κ1) is 15.6. The van der Waals surface area contributed by atoms with Crippen molar-refractivity contribution in [2.75, 3.05) is 5.73 Å². The number of para-hydroxylation sites is 1. The van der Waals surface area contributed by atoms with Crippen molar-refractivity contribution < 1.29 is 9.53 Å². The highest BCUT2D eigenvalue weighted by Crippen LogP contribution is 2.23. The van der Waals surface area contributed by atoms with Gasteiger partial charge in [0, 0.05) is 12.2 Å². The van der Waals surface area contributed by atoms with Crippen LogP contribution in [0.15, 0.2) is 22.7 Å². The number of rotatable bonds is 4. The van der Waals surface area contributed by atoms with E-state index in [1.165, 1.54) is 0 Å². The van der Waals surface area contributed by atoms with Gasteiger partial charge in [0.05, 0.1) is 21.4 Å². The number of hydrogen-bond donors (Lipinski definition) is 1. The van der Waals surface area contributed by atoms with Gasteiger partial charge in [0.15, 0.2) is 0 Å². The Bertz CT molecular complexity index is 680. The molecule has 6 heteroatoms. The van der Waals surface area contributed by atoms with Crippen molar-refractivity contribution in [3.05, 3.63) is 45.2 Å². The lowest BCUT2D eigenvalue weighted by atomic mass is 10.1. The first-order valence-corrected chi connectivity index (χ1v) is 7.49. The highest BCUT2D eigenvalue weighted by atomic mass is 79.9. The van der Waals surface area contributed by atoms with Gasteiger partial charge in [0.2, 0.25) is 0 Å². The summed E-state index contributed by atoms with van der Waals surface area (Å²) in [6.45, 7) is 6.62. The Morgan fingerprint density at radius 1 is 1.43 bits per heavy atom. The molecule has 2 rings (SSSR count). The molecule has 0 atom stereocenters. The van der Waals surface area contributed by atoms with E-state index in [0.717, 1.165) is 21.4 Å². The fourth-order valence-corrected chi connectivity index (χ4v) is 2.48. The van der Waals surface area contributed by atoms with Crippen LogP contribution in [0.4, 0.5) is 5.69 Å². The number of nitrogens with zero attached hydrogens (tertiary/aromatic N) is 2. The zero-order valence-electron chi connectivity index (χ0n) is 12.3. The number of anilines is 1. The third kappa shape index (κ3) is 3.10. The predicted molar refractivity (Wildman–Crippen MR) is 85.0 cm³/mol. The summed E-state index contributed by atoms with van der Waals surface area (Å²) >= 11 is 3.47. The summed E-state index contributed by atoms with van der Waals surface area (Å²) in [5.74, 6) is -0.426. The van der Waals surface area contributed by atoms with Crippen molar-refractivity contribution in [2.24, 2.45) is 0 Å². The van der Waals surface area contributed by atoms with E-state index in [9.17, 15) is 4.79 Å². The molecule has 0 saturated carbocycles. The molecule has 1 aromatic carbocycles. The van der Waals surface area contributed by atoms with Crippen molar-refractivity contribution in [3.8, 4) is 0 Å². The van der Waals surface area contributed by atoms with Crippen LogP contribution in [0.3, 0.4) is 0 Å². The SMILES string of the molecule is CCn1nc(C)c(Br)c1COC(=O)c1cccc(C)c1N. The maximum Gasteiger partial charge on any atom is 0.340 e. The molecular weight excluding hydrogens is 334 g/mol. The van der Waals surface area contributed by atoms with E-state index in [4.69, 9.17) is 10.5 Å². The highest BCUT2D eigenvalue weighted by molar-refractivity contribution is 9.10. The highest BCUT2D eigenvalue weighted by Gasteiger charge is 2.16. The number of hydrogen-bond acceptors (Lipinski definition) is 4. The fraction of sp³-hybridized carbons (Fsp3) is 0.333. The summed E-state index contributed by atoms with van der Waals surface area (Å²) < 4.78 is 8.06. The largest absolute Gasteiger partial charge is 0.455 e. The lowest BCUT2D eigenvalue weighted by molar-refractivity contribution is 0.0462. The third-order valence-corrected chi connectivity index (χ3v) is 4.37. The number of halogens is 1. The minimum Gasteiger partial charge on any atom is -0.455 e. The molecule has 1 aromatic heterocycles. The number of nitrogens with two attached hydrogens (primary N) is 1. The van der Waals surface area contributed by atoms with Gasteiger partial charge in [-0.1, -0.05) is 12.1 Å². The molecule has 112 valence electrons. The van der Waals surface area contributed by atoms with E-state index in [1.807, 2.05) is 31.5 Å². The number of ether oxygens (including phenoxy) is 1. The molecule has 0 unspecified atom stereocenters. The number of carbonyl (C=O) groups is 1. The first-order chi connectivity index (χ1) is 9.95. The van der Waals surface area contributed by atoms with Crippen molar-refractivity contribution in [2.45, 2.75) is 33.9 Å². The summed E-state index contributed by atoms with van der Waals surface area (Å²) in [7, 11) is 0. The van der Waals surface area contributed by atoms with Crippen LogP contribution in [0.2, 0.25) is 0 Å². The molecule has 0 aliphatic carbocycles. The molecule has 21 heavy (non-hydrogen) atoms. The van der Waals surface area contributed by atoms with Crippen molar-refractivity contribution in [3.63, 3.8) is 0 Å². The molecule has 0 radical (unpaired) electrons. The molecule has 5 nitrogen and oxygen atoms in total. The normalized spacial score (nSPS) is 10.7. The Labute approximate surface area is 132 Å². The fourth-order valence-electron chi connectivity index (χ4n) is 2.08. The molecule has 0 aliphatic rings. The van der Waals surface area contributed by atoms with Gasteiger partial charge in [-0.05, 0) is 48.3 Å². The van der Waals surface area contributed by atoms with Crippen LogP contribution in [-0.4, -0.2) is 15.7 Å². The summed E-state index contributed by atoms with van der Waals surface area (Å²) in [5, 5.41) is 4.36. The molecule has 2 N–H and O–H groups in total. The molecular formula is C15H18BrN3O2. The molecule has 0 saturated heterocycles. The van der Waals surface area contributed by atoms with Crippen molar-refractivity contribution in [1.29, 1.82) is 0 Å². The quantitative estimate of drug-likeness (QED) is 0.678. The Hall–Kier alpha value is -1.82. The van der Waals surface area contributed by atoms with Crippen LogP contribution >= 0.6 is 15.9 Å². The van der Waals surface area contributed by atoms with E-state index in [1.54, 1.807) is 12.1 Å². The van der Waals surface area contributed by atoms with E-state index in [0.29, 0.717) is 17.8 Å². The Morgan fingerprint density at radius 2 is 2.14 bits per heavy atom.